The van der Waals surface area contributed by atoms with Gasteiger partial charge in [-0.2, -0.15) is 0 Å². The molecule has 0 aliphatic carbocycles. The van der Waals surface area contributed by atoms with Gasteiger partial charge in [0.25, 0.3) is 11.6 Å². The second kappa shape index (κ2) is 21.2. The molecule has 1 unspecified atom stereocenters. The van der Waals surface area contributed by atoms with E-state index >= 15 is 0 Å². The van der Waals surface area contributed by atoms with Gasteiger partial charge in [0.2, 0.25) is 0 Å². The zero-order valence-electron chi connectivity index (χ0n) is 31.7. The number of carboxylic acid groups (broad SMARTS) is 3. The number of likely N-dealkylation sites (N-methyl/N-ethyl adjacent to an activating group) is 1. The van der Waals surface area contributed by atoms with Gasteiger partial charge in [-0.1, -0.05) is 71.7 Å². The van der Waals surface area contributed by atoms with E-state index in [0.29, 0.717) is 38.8 Å². The number of carboxylic acids is 3. The Hall–Kier alpha value is -4.97. The largest absolute Gasteiger partial charge is 0.481 e. The second-order valence-corrected chi connectivity index (χ2v) is 16.1. The smallest absolute Gasteiger partial charge is 0.336 e. The predicted molar refractivity (Wildman–Crippen MR) is 219 cm³/mol. The summed E-state index contributed by atoms with van der Waals surface area (Å²) in [7, 11) is 0.717. The first-order chi connectivity index (χ1) is 26.9. The quantitative estimate of drug-likeness (QED) is 0.0813. The van der Waals surface area contributed by atoms with Crippen molar-refractivity contribution in [1.82, 2.24) is 9.80 Å². The van der Waals surface area contributed by atoms with Gasteiger partial charge in [-0.05, 0) is 84.9 Å². The van der Waals surface area contributed by atoms with Crippen LogP contribution in [0.4, 0.5) is 5.69 Å². The van der Waals surface area contributed by atoms with Gasteiger partial charge in [0, 0.05) is 42.8 Å². The first-order valence-corrected chi connectivity index (χ1v) is 20.1. The number of piperidine rings is 1. The van der Waals surface area contributed by atoms with Crippen LogP contribution in [0.5, 0.6) is 0 Å². The van der Waals surface area contributed by atoms with E-state index in [1.165, 1.54) is 17.7 Å². The van der Waals surface area contributed by atoms with Crippen molar-refractivity contribution in [1.29, 1.82) is 0 Å². The maximum Gasteiger partial charge on any atom is 0.336 e. The van der Waals surface area contributed by atoms with Crippen LogP contribution in [0.25, 0.3) is 10.8 Å². The van der Waals surface area contributed by atoms with Crippen molar-refractivity contribution >= 4 is 74.3 Å². The van der Waals surface area contributed by atoms with Crippen LogP contribution in [0.1, 0.15) is 65.4 Å². The highest BCUT2D eigenvalue weighted by Gasteiger charge is 2.40. The molecule has 1 fully saturated rings. The number of nitro groups is 1. The van der Waals surface area contributed by atoms with E-state index < -0.39 is 52.1 Å². The molecular weight excluding hydrogens is 817 g/mol. The minimum absolute atomic E-state index is 0. The van der Waals surface area contributed by atoms with Crippen LogP contribution in [-0.4, -0.2) is 114 Å². The summed E-state index contributed by atoms with van der Waals surface area (Å²) in [5, 5.41) is 47.7. The Bertz CT molecular complexity index is 2150. The molecule has 5 rings (SSSR count). The topological polar surface area (TPSA) is 247 Å². The van der Waals surface area contributed by atoms with Gasteiger partial charge in [-0.3, -0.25) is 28.7 Å². The third-order valence-corrected chi connectivity index (χ3v) is 11.6. The fourth-order valence-corrected chi connectivity index (χ4v) is 8.07. The van der Waals surface area contributed by atoms with Crippen LogP contribution in [-0.2, 0) is 25.2 Å². The minimum Gasteiger partial charge on any atom is -0.481 e. The fourth-order valence-electron chi connectivity index (χ4n) is 6.93. The molecule has 0 spiro atoms. The number of carbonyl (C=O) groups excluding carboxylic acids is 1. The summed E-state index contributed by atoms with van der Waals surface area (Å²) in [5.41, 5.74) is -0.372. The Labute approximate surface area is 346 Å². The van der Waals surface area contributed by atoms with Gasteiger partial charge in [-0.25, -0.2) is 4.79 Å². The number of nitro benzene ring substituents is 1. The average Bonchev–Trinajstić information content (AvgIpc) is 3.16. The Balaban J connectivity index is 0.000000554. The zero-order valence-corrected chi connectivity index (χ0v) is 34.0. The van der Waals surface area contributed by atoms with Crippen molar-refractivity contribution in [2.45, 2.75) is 54.4 Å². The van der Waals surface area contributed by atoms with E-state index in [4.69, 9.17) is 43.6 Å². The number of fused-ring (bicyclic) bond motifs is 1. The van der Waals surface area contributed by atoms with Crippen molar-refractivity contribution in [2.75, 3.05) is 39.5 Å². The monoisotopic (exact) mass is 861 g/mol. The van der Waals surface area contributed by atoms with E-state index in [1.54, 1.807) is 36.4 Å². The average molecular weight is 863 g/mol. The maximum absolute atomic E-state index is 13.8. The number of rotatable bonds is 15. The second-order valence-electron chi connectivity index (χ2n) is 13.9. The molecule has 1 amide bonds. The van der Waals surface area contributed by atoms with Crippen LogP contribution in [0.3, 0.4) is 0 Å². The van der Waals surface area contributed by atoms with Gasteiger partial charge in [0.1, 0.15) is 0 Å². The summed E-state index contributed by atoms with van der Waals surface area (Å²) in [4.78, 5) is 60.5. The summed E-state index contributed by atoms with van der Waals surface area (Å²) in [6, 6.07) is 23.7. The number of non-ortho nitro benzene ring substituents is 1. The lowest BCUT2D eigenvalue weighted by molar-refractivity contribution is -0.384. The molecule has 58 heavy (non-hydrogen) atoms. The maximum atomic E-state index is 13.8. The molecule has 1 heterocycles. The number of benzene rings is 4. The van der Waals surface area contributed by atoms with Crippen LogP contribution in [0, 0.1) is 10.1 Å². The fraction of sp³-hybridized carbons (Fsp3) is 0.350. The Morgan fingerprint density at radius 2 is 1.53 bits per heavy atom. The first-order valence-electron chi connectivity index (χ1n) is 17.8. The lowest BCUT2D eigenvalue weighted by Gasteiger charge is -2.34. The highest BCUT2D eigenvalue weighted by molar-refractivity contribution is 7.84. The minimum atomic E-state index is -2.74. The number of likely N-dealkylation sites (tertiary alicyclic amines) is 1. The highest BCUT2D eigenvalue weighted by atomic mass is 35.5. The van der Waals surface area contributed by atoms with E-state index in [0.717, 1.165) is 49.4 Å². The molecule has 312 valence electrons. The molecule has 2 atom stereocenters. The molecule has 0 radical (unpaired) electrons. The first kappa shape index (κ1) is 47.4. The summed E-state index contributed by atoms with van der Waals surface area (Å²) >= 11 is 12.6. The summed E-state index contributed by atoms with van der Waals surface area (Å²) in [6.07, 6.45) is 2.21. The molecule has 4 aromatic rings. The lowest BCUT2D eigenvalue weighted by atomic mass is 9.88. The van der Waals surface area contributed by atoms with E-state index in [1.807, 2.05) is 42.5 Å². The van der Waals surface area contributed by atoms with Gasteiger partial charge < -0.3 is 35.7 Å². The molecule has 1 saturated heterocycles. The van der Waals surface area contributed by atoms with Gasteiger partial charge in [-0.15, -0.1) is 0 Å². The van der Waals surface area contributed by atoms with Gasteiger partial charge in [0.05, 0.1) is 44.2 Å². The van der Waals surface area contributed by atoms with Crippen molar-refractivity contribution in [3.8, 4) is 0 Å². The van der Waals surface area contributed by atoms with Crippen molar-refractivity contribution < 1.29 is 54.2 Å². The zero-order chi connectivity index (χ0) is 42.0. The Kier molecular flexibility index (Phi) is 17.3. The summed E-state index contributed by atoms with van der Waals surface area (Å²) in [6.45, 7) is 3.09. The normalized spacial score (nSPS) is 14.3. The third kappa shape index (κ3) is 12.5. The van der Waals surface area contributed by atoms with E-state index in [-0.39, 0.29) is 23.0 Å². The number of halogens is 2. The van der Waals surface area contributed by atoms with Crippen molar-refractivity contribution in [2.24, 2.45) is 0 Å². The Morgan fingerprint density at radius 1 is 0.931 bits per heavy atom. The highest BCUT2D eigenvalue weighted by Crippen LogP contribution is 2.34. The number of aliphatic carboxylic acids is 3. The van der Waals surface area contributed by atoms with E-state index in [9.17, 15) is 33.5 Å². The summed E-state index contributed by atoms with van der Waals surface area (Å²) in [5.74, 6) is -4.95. The SMILES string of the molecule is CN(C[C@@H](CCN1CCC(c2ccccc2S(C)=O)CC1)c1ccc(Cl)c(Cl)c1)C(=O)c1cc([N+](=O)[O-])cc2ccccc12.O.O=C(O)CC(O)(CC(=O)O)C(=O)O. The summed E-state index contributed by atoms with van der Waals surface area (Å²) < 4.78 is 12.3. The number of carbonyl (C=O) groups is 4. The number of amides is 1. The molecule has 1 aliphatic rings. The Morgan fingerprint density at radius 3 is 2.10 bits per heavy atom. The van der Waals surface area contributed by atoms with Crippen LogP contribution in [0.2, 0.25) is 10.0 Å². The number of aliphatic hydroxyl groups is 1. The number of nitrogens with zero attached hydrogens (tertiary/aromatic N) is 3. The molecule has 1 aliphatic heterocycles. The molecule has 0 saturated carbocycles. The predicted octanol–water partition coefficient (Wildman–Crippen LogP) is 5.84. The number of hydrogen-bond donors (Lipinski definition) is 4. The van der Waals surface area contributed by atoms with Gasteiger partial charge >= 0.3 is 17.9 Å². The third-order valence-electron chi connectivity index (χ3n) is 9.88. The molecular formula is C40H45Cl2N3O12S. The molecule has 18 heteroatoms. The molecule has 15 nitrogen and oxygen atoms in total. The lowest BCUT2D eigenvalue weighted by Crippen LogP contribution is -2.42. The van der Waals surface area contributed by atoms with Crippen LogP contribution in [0.15, 0.2) is 83.8 Å². The molecule has 0 aromatic heterocycles. The molecule has 6 N–H and O–H groups in total. The molecule has 0 bridgehead atoms. The van der Waals surface area contributed by atoms with Crippen molar-refractivity contribution in [3.05, 3.63) is 116 Å². The number of hydrogen-bond acceptors (Lipinski definition) is 9. The standard InChI is InChI=1S/C34H35Cl2N3O4S.C6H8O7.H2O/c1-37(34(40)30-21-27(39(41)42)19-25-7-3-4-8-28(25)30)22-26(24-11-12-31(35)32(36)20-24)15-18-38-16-13-23(14-17-38)29-9-5-6-10-33(29)44(2)43;7-3(8)1-6(13,5(11)12)2-4(9)10;/h3-12,19-21,23,26H,13-18,22H2,1-2H3;13H,1-2H2,(H,7,8)(H,9,10)(H,11,12);1H2/t26-,44?;;/m1../s1. The molecule has 4 aromatic carbocycles. The van der Waals surface area contributed by atoms with Crippen LogP contribution >= 0.6 is 23.2 Å². The van der Waals surface area contributed by atoms with E-state index in [2.05, 4.69) is 11.0 Å². The van der Waals surface area contributed by atoms with Gasteiger partial charge in [0.15, 0.2) is 5.60 Å². The van der Waals surface area contributed by atoms with Crippen LogP contribution < -0.4 is 0 Å². The van der Waals surface area contributed by atoms with Crippen molar-refractivity contribution in [3.63, 3.8) is 0 Å².